The van der Waals surface area contributed by atoms with Crippen molar-refractivity contribution in [2.75, 3.05) is 5.43 Å². The number of benzene rings is 2. The Balaban J connectivity index is 2.16. The van der Waals surface area contributed by atoms with Crippen LogP contribution in [0.1, 0.15) is 5.56 Å². The number of nitrogens with zero attached hydrogens (tertiary/aromatic N) is 3. The summed E-state index contributed by atoms with van der Waals surface area (Å²) < 4.78 is 0. The maximum absolute atomic E-state index is 10.5. The number of rotatable bonds is 4. The highest BCUT2D eigenvalue weighted by atomic mass is 35.5. The summed E-state index contributed by atoms with van der Waals surface area (Å²) in [5.41, 5.74) is 4.02. The topological polar surface area (TPSA) is 91.3 Å². The summed E-state index contributed by atoms with van der Waals surface area (Å²) in [4.78, 5) is 10.1. The van der Waals surface area contributed by atoms with Crippen LogP contribution in [-0.4, -0.2) is 10.6 Å². The molecule has 2 aromatic carbocycles. The van der Waals surface area contributed by atoms with Gasteiger partial charge in [-0.05, 0) is 24.3 Å². The number of hydrogen-bond donors (Lipinski definition) is 1. The zero-order chi connectivity index (χ0) is 15.2. The fourth-order valence-corrected chi connectivity index (χ4v) is 1.67. The maximum Gasteiger partial charge on any atom is 0.269 e. The third-order valence-corrected chi connectivity index (χ3v) is 2.85. The van der Waals surface area contributed by atoms with Gasteiger partial charge >= 0.3 is 0 Å². The maximum atomic E-state index is 10.5. The van der Waals surface area contributed by atoms with E-state index in [0.717, 1.165) is 0 Å². The van der Waals surface area contributed by atoms with Crippen molar-refractivity contribution < 1.29 is 4.92 Å². The van der Waals surface area contributed by atoms with E-state index in [1.807, 2.05) is 6.07 Å². The lowest BCUT2D eigenvalue weighted by Crippen LogP contribution is -2.01. The van der Waals surface area contributed by atoms with Gasteiger partial charge in [0.1, 0.15) is 6.07 Å². The van der Waals surface area contributed by atoms with E-state index < -0.39 is 4.92 Å². The fraction of sp³-hybridized carbons (Fsp3) is 0. The Kier molecular flexibility index (Phi) is 4.49. The Hall–Kier alpha value is -2.91. The first kappa shape index (κ1) is 14.5. The monoisotopic (exact) mass is 300 g/mol. The second-order valence-electron chi connectivity index (χ2n) is 3.99. The van der Waals surface area contributed by atoms with Crippen LogP contribution in [0.4, 0.5) is 11.4 Å². The molecule has 2 aromatic rings. The summed E-state index contributed by atoms with van der Waals surface area (Å²) in [6.07, 6.45) is 0. The fourth-order valence-electron chi connectivity index (χ4n) is 1.54. The van der Waals surface area contributed by atoms with Crippen molar-refractivity contribution in [1.29, 1.82) is 5.26 Å². The summed E-state index contributed by atoms with van der Waals surface area (Å²) in [6, 6.07) is 14.4. The van der Waals surface area contributed by atoms with E-state index in [9.17, 15) is 10.1 Å². The first-order valence-corrected chi connectivity index (χ1v) is 6.22. The zero-order valence-corrected chi connectivity index (χ0v) is 11.4. The SMILES string of the molecule is N#C/C(=N\Nc1ccc([N+](=O)[O-])cc1)c1ccc(Cl)cc1. The molecule has 0 heterocycles. The van der Waals surface area contributed by atoms with Gasteiger partial charge in [-0.25, -0.2) is 0 Å². The highest BCUT2D eigenvalue weighted by molar-refractivity contribution is 6.30. The number of hydrazone groups is 1. The number of hydrogen-bond acceptors (Lipinski definition) is 5. The largest absolute Gasteiger partial charge is 0.277 e. The van der Waals surface area contributed by atoms with Crippen molar-refractivity contribution in [1.82, 2.24) is 0 Å². The molecule has 0 saturated carbocycles. The number of nitriles is 1. The molecule has 0 atom stereocenters. The average molecular weight is 301 g/mol. The Morgan fingerprint density at radius 3 is 2.33 bits per heavy atom. The summed E-state index contributed by atoms with van der Waals surface area (Å²) >= 11 is 5.78. The molecule has 21 heavy (non-hydrogen) atoms. The van der Waals surface area contributed by atoms with Crippen LogP contribution < -0.4 is 5.43 Å². The van der Waals surface area contributed by atoms with E-state index in [1.165, 1.54) is 24.3 Å². The number of anilines is 1. The minimum Gasteiger partial charge on any atom is -0.277 e. The number of nitro groups is 1. The minimum absolute atomic E-state index is 0.0114. The Morgan fingerprint density at radius 2 is 1.81 bits per heavy atom. The minimum atomic E-state index is -0.485. The quantitative estimate of drug-likeness (QED) is 0.530. The van der Waals surface area contributed by atoms with Gasteiger partial charge in [0.05, 0.1) is 10.6 Å². The molecule has 1 N–H and O–H groups in total. The van der Waals surface area contributed by atoms with Crippen molar-refractivity contribution in [2.24, 2.45) is 5.10 Å². The van der Waals surface area contributed by atoms with Gasteiger partial charge in [0.15, 0.2) is 5.71 Å². The van der Waals surface area contributed by atoms with Gasteiger partial charge in [-0.3, -0.25) is 15.5 Å². The number of nitro benzene ring substituents is 1. The van der Waals surface area contributed by atoms with Gasteiger partial charge in [0.2, 0.25) is 0 Å². The number of nitrogens with one attached hydrogen (secondary N) is 1. The van der Waals surface area contributed by atoms with Crippen molar-refractivity contribution in [3.05, 3.63) is 69.2 Å². The van der Waals surface area contributed by atoms with Crippen molar-refractivity contribution in [3.8, 4) is 6.07 Å². The first-order valence-electron chi connectivity index (χ1n) is 5.84. The van der Waals surface area contributed by atoms with Crippen molar-refractivity contribution >= 4 is 28.7 Å². The van der Waals surface area contributed by atoms with Crippen LogP contribution in [0.15, 0.2) is 53.6 Å². The highest BCUT2D eigenvalue weighted by Gasteiger charge is 2.05. The van der Waals surface area contributed by atoms with Crippen LogP contribution in [0, 0.1) is 21.4 Å². The molecule has 6 nitrogen and oxygen atoms in total. The third kappa shape index (κ3) is 3.78. The molecule has 0 fully saturated rings. The molecule has 0 bridgehead atoms. The molecular formula is C14H9ClN4O2. The Labute approximate surface area is 125 Å². The lowest BCUT2D eigenvalue weighted by atomic mass is 10.1. The van der Waals surface area contributed by atoms with Crippen LogP contribution in [0.3, 0.4) is 0 Å². The third-order valence-electron chi connectivity index (χ3n) is 2.60. The van der Waals surface area contributed by atoms with Gasteiger partial charge in [0, 0.05) is 22.7 Å². The lowest BCUT2D eigenvalue weighted by molar-refractivity contribution is -0.384. The van der Waals surface area contributed by atoms with Gasteiger partial charge < -0.3 is 0 Å². The van der Waals surface area contributed by atoms with E-state index in [0.29, 0.717) is 16.3 Å². The van der Waals surface area contributed by atoms with Gasteiger partial charge in [-0.15, -0.1) is 0 Å². The van der Waals surface area contributed by atoms with Crippen LogP contribution >= 0.6 is 11.6 Å². The molecule has 0 saturated heterocycles. The Bertz CT molecular complexity index is 718. The van der Waals surface area contributed by atoms with Crippen LogP contribution in [0.2, 0.25) is 5.02 Å². The predicted molar refractivity (Wildman–Crippen MR) is 80.3 cm³/mol. The number of halogens is 1. The smallest absolute Gasteiger partial charge is 0.269 e. The van der Waals surface area contributed by atoms with Crippen LogP contribution in [0.25, 0.3) is 0 Å². The van der Waals surface area contributed by atoms with Crippen molar-refractivity contribution in [2.45, 2.75) is 0 Å². The summed E-state index contributed by atoms with van der Waals surface area (Å²) in [5, 5.41) is 24.2. The summed E-state index contributed by atoms with van der Waals surface area (Å²) in [5.74, 6) is 0. The highest BCUT2D eigenvalue weighted by Crippen LogP contribution is 2.16. The van der Waals surface area contributed by atoms with E-state index in [1.54, 1.807) is 24.3 Å². The molecule has 0 unspecified atom stereocenters. The molecule has 0 aliphatic rings. The van der Waals surface area contributed by atoms with E-state index in [2.05, 4.69) is 10.5 Å². The van der Waals surface area contributed by atoms with Gasteiger partial charge in [0.25, 0.3) is 5.69 Å². The summed E-state index contributed by atoms with van der Waals surface area (Å²) in [7, 11) is 0. The average Bonchev–Trinajstić information content (AvgIpc) is 2.50. The van der Waals surface area contributed by atoms with Gasteiger partial charge in [-0.1, -0.05) is 23.7 Å². The second-order valence-corrected chi connectivity index (χ2v) is 4.43. The molecule has 0 aromatic heterocycles. The van der Waals surface area contributed by atoms with Gasteiger partial charge in [-0.2, -0.15) is 10.4 Å². The predicted octanol–water partition coefficient (Wildman–Crippen LogP) is 3.59. The molecule has 7 heteroatoms. The first-order chi connectivity index (χ1) is 10.1. The molecule has 0 radical (unpaired) electrons. The molecule has 0 spiro atoms. The second kappa shape index (κ2) is 6.50. The van der Waals surface area contributed by atoms with E-state index >= 15 is 0 Å². The van der Waals surface area contributed by atoms with E-state index in [-0.39, 0.29) is 11.4 Å². The summed E-state index contributed by atoms with van der Waals surface area (Å²) in [6.45, 7) is 0. The molecule has 0 aliphatic carbocycles. The van der Waals surface area contributed by atoms with Crippen LogP contribution in [0.5, 0.6) is 0 Å². The number of non-ortho nitro benzene ring substituents is 1. The molecule has 0 amide bonds. The molecule has 104 valence electrons. The van der Waals surface area contributed by atoms with Crippen molar-refractivity contribution in [3.63, 3.8) is 0 Å². The Morgan fingerprint density at radius 1 is 1.19 bits per heavy atom. The van der Waals surface area contributed by atoms with Crippen LogP contribution in [-0.2, 0) is 0 Å². The normalized spacial score (nSPS) is 10.8. The van der Waals surface area contributed by atoms with E-state index in [4.69, 9.17) is 16.9 Å². The lowest BCUT2D eigenvalue weighted by Gasteiger charge is -2.02. The zero-order valence-electron chi connectivity index (χ0n) is 10.7. The molecule has 2 rings (SSSR count). The standard InChI is InChI=1S/C14H9ClN4O2/c15-11-3-1-10(2-4-11)14(9-16)18-17-12-5-7-13(8-6-12)19(20)21/h1-8,17H/b18-14+. The molecule has 0 aliphatic heterocycles. The molecular weight excluding hydrogens is 292 g/mol.